The largest absolute Gasteiger partial charge is 0.416 e. The van der Waals surface area contributed by atoms with E-state index in [0.29, 0.717) is 16.2 Å². The number of amides is 1. The van der Waals surface area contributed by atoms with Gasteiger partial charge in [-0.15, -0.1) is 0 Å². The molecule has 0 atom stereocenters. The minimum atomic E-state index is -4.37. The Morgan fingerprint density at radius 3 is 2.36 bits per heavy atom. The molecular weight excluding hydrogens is 337 g/mol. The van der Waals surface area contributed by atoms with Crippen LogP contribution >= 0.6 is 21.7 Å². The molecule has 116 valence electrons. The van der Waals surface area contributed by atoms with E-state index in [1.807, 2.05) is 0 Å². The van der Waals surface area contributed by atoms with Crippen LogP contribution in [0.1, 0.15) is 21.5 Å². The zero-order valence-corrected chi connectivity index (χ0v) is 12.6. The molecule has 0 aliphatic carbocycles. The first-order chi connectivity index (χ1) is 10.4. The van der Waals surface area contributed by atoms with E-state index in [9.17, 15) is 18.0 Å². The van der Waals surface area contributed by atoms with Gasteiger partial charge in [0, 0.05) is 23.7 Å². The summed E-state index contributed by atoms with van der Waals surface area (Å²) in [5.41, 5.74) is 0.199. The average molecular weight is 347 g/mol. The van der Waals surface area contributed by atoms with Crippen molar-refractivity contribution in [2.24, 2.45) is 0 Å². The van der Waals surface area contributed by atoms with Gasteiger partial charge in [-0.05, 0) is 40.5 Å². The Morgan fingerprint density at radius 2 is 1.86 bits per heavy atom. The van der Waals surface area contributed by atoms with Gasteiger partial charge in [0.15, 0.2) is 0 Å². The van der Waals surface area contributed by atoms with E-state index in [0.717, 1.165) is 23.1 Å². The van der Waals surface area contributed by atoms with Crippen LogP contribution in [0.5, 0.6) is 0 Å². The maximum absolute atomic E-state index is 12.4. The standard InChI is InChI=1S/C14H10ClF3N2OS/c15-22-12-6-3-10(8-19-12)13(21)20-7-9-1-4-11(5-2-9)14(16,17)18/h1-6,8H,7H2,(H,20,21). The maximum atomic E-state index is 12.4. The van der Waals surface area contributed by atoms with Crippen LogP contribution in [0.15, 0.2) is 47.6 Å². The first-order valence-corrected chi connectivity index (χ1v) is 7.73. The van der Waals surface area contributed by atoms with Gasteiger partial charge in [-0.3, -0.25) is 4.79 Å². The Morgan fingerprint density at radius 1 is 1.18 bits per heavy atom. The molecular formula is C14H10ClF3N2OS. The molecule has 0 radical (unpaired) electrons. The zero-order chi connectivity index (χ0) is 16.2. The van der Waals surface area contributed by atoms with Crippen LogP contribution in [0, 0.1) is 0 Å². The Labute approximate surface area is 133 Å². The highest BCUT2D eigenvalue weighted by atomic mass is 35.7. The molecule has 1 amide bonds. The van der Waals surface area contributed by atoms with Crippen LogP contribution in [0.25, 0.3) is 0 Å². The molecule has 0 fully saturated rings. The molecule has 3 nitrogen and oxygen atoms in total. The number of hydrogen-bond acceptors (Lipinski definition) is 3. The predicted octanol–water partition coefficient (Wildman–Crippen LogP) is 4.28. The van der Waals surface area contributed by atoms with E-state index in [2.05, 4.69) is 10.3 Å². The fraction of sp³-hybridized carbons (Fsp3) is 0.143. The molecule has 0 aliphatic heterocycles. The Hall–Kier alpha value is -1.73. The number of nitrogens with one attached hydrogen (secondary N) is 1. The molecule has 22 heavy (non-hydrogen) atoms. The van der Waals surface area contributed by atoms with Gasteiger partial charge in [-0.2, -0.15) is 13.2 Å². The van der Waals surface area contributed by atoms with E-state index in [-0.39, 0.29) is 12.5 Å². The van der Waals surface area contributed by atoms with Crippen molar-refractivity contribution in [3.05, 3.63) is 59.3 Å². The van der Waals surface area contributed by atoms with Gasteiger partial charge >= 0.3 is 6.18 Å². The average Bonchev–Trinajstić information content (AvgIpc) is 2.52. The Bertz CT molecular complexity index is 645. The fourth-order valence-corrected chi connectivity index (χ4v) is 2.14. The van der Waals surface area contributed by atoms with Gasteiger partial charge in [0.25, 0.3) is 5.91 Å². The summed E-state index contributed by atoms with van der Waals surface area (Å²) in [5.74, 6) is -0.362. The lowest BCUT2D eigenvalue weighted by Crippen LogP contribution is -2.23. The molecule has 0 aliphatic rings. The second-order valence-electron chi connectivity index (χ2n) is 4.34. The van der Waals surface area contributed by atoms with Gasteiger partial charge < -0.3 is 5.32 Å². The van der Waals surface area contributed by atoms with Gasteiger partial charge in [0.2, 0.25) is 0 Å². The number of halogens is 4. The number of hydrogen-bond donors (Lipinski definition) is 1. The van der Waals surface area contributed by atoms with Crippen LogP contribution in [0.4, 0.5) is 13.2 Å². The summed E-state index contributed by atoms with van der Waals surface area (Å²) >= 11 is 0. The molecule has 2 rings (SSSR count). The fourth-order valence-electron chi connectivity index (χ4n) is 1.66. The molecule has 1 aromatic carbocycles. The SMILES string of the molecule is O=C(NCc1ccc(C(F)(F)F)cc1)c1ccc(SCl)nc1. The molecule has 0 bridgehead atoms. The van der Waals surface area contributed by atoms with Crippen LogP contribution in [0.3, 0.4) is 0 Å². The summed E-state index contributed by atoms with van der Waals surface area (Å²) in [7, 11) is 6.46. The van der Waals surface area contributed by atoms with Crippen LogP contribution in [-0.2, 0) is 12.7 Å². The lowest BCUT2D eigenvalue weighted by atomic mass is 10.1. The molecule has 1 aromatic heterocycles. The Balaban J connectivity index is 1.95. The molecule has 0 saturated heterocycles. The van der Waals surface area contributed by atoms with Gasteiger partial charge in [-0.1, -0.05) is 12.1 Å². The number of nitrogens with zero attached hydrogens (tertiary/aromatic N) is 1. The molecule has 1 heterocycles. The number of benzene rings is 1. The first-order valence-electron chi connectivity index (χ1n) is 6.09. The highest BCUT2D eigenvalue weighted by Crippen LogP contribution is 2.29. The third kappa shape index (κ3) is 4.38. The molecule has 0 saturated carbocycles. The van der Waals surface area contributed by atoms with Crippen LogP contribution in [-0.4, -0.2) is 10.9 Å². The smallest absolute Gasteiger partial charge is 0.348 e. The van der Waals surface area contributed by atoms with E-state index in [1.165, 1.54) is 18.3 Å². The van der Waals surface area contributed by atoms with Crippen LogP contribution < -0.4 is 5.32 Å². The topological polar surface area (TPSA) is 42.0 Å². The quantitative estimate of drug-likeness (QED) is 0.898. The normalized spacial score (nSPS) is 11.3. The van der Waals surface area contributed by atoms with E-state index >= 15 is 0 Å². The lowest BCUT2D eigenvalue weighted by molar-refractivity contribution is -0.137. The van der Waals surface area contributed by atoms with Crippen molar-refractivity contribution in [2.45, 2.75) is 17.7 Å². The second kappa shape index (κ2) is 7.02. The summed E-state index contributed by atoms with van der Waals surface area (Å²) < 4.78 is 37.3. The Kier molecular flexibility index (Phi) is 5.31. The molecule has 8 heteroatoms. The number of alkyl halides is 3. The van der Waals surface area contributed by atoms with E-state index in [1.54, 1.807) is 12.1 Å². The van der Waals surface area contributed by atoms with Crippen molar-refractivity contribution in [3.63, 3.8) is 0 Å². The number of carbonyl (C=O) groups excluding carboxylic acids is 1. The summed E-state index contributed by atoms with van der Waals surface area (Å²) in [4.78, 5) is 15.8. The number of rotatable bonds is 4. The first kappa shape index (κ1) is 16.6. The second-order valence-corrected chi connectivity index (χ2v) is 5.38. The molecule has 2 aromatic rings. The molecule has 1 N–H and O–H groups in total. The van der Waals surface area contributed by atoms with Crippen LogP contribution in [0.2, 0.25) is 0 Å². The highest BCUT2D eigenvalue weighted by Gasteiger charge is 2.29. The maximum Gasteiger partial charge on any atom is 0.416 e. The minimum absolute atomic E-state index is 0.128. The molecule has 0 unspecified atom stereocenters. The number of carbonyl (C=O) groups is 1. The number of aromatic nitrogens is 1. The number of pyridine rings is 1. The third-order valence-corrected chi connectivity index (χ3v) is 3.69. The van der Waals surface area contributed by atoms with Crippen molar-refractivity contribution in [1.82, 2.24) is 10.3 Å². The van der Waals surface area contributed by atoms with Crippen molar-refractivity contribution in [3.8, 4) is 0 Å². The summed E-state index contributed by atoms with van der Waals surface area (Å²) in [6.45, 7) is 0.128. The van der Waals surface area contributed by atoms with Crippen molar-refractivity contribution >= 4 is 27.6 Å². The van der Waals surface area contributed by atoms with Crippen molar-refractivity contribution in [1.29, 1.82) is 0 Å². The minimum Gasteiger partial charge on any atom is -0.348 e. The van der Waals surface area contributed by atoms with Gasteiger partial charge in [0.1, 0.15) is 5.03 Å². The summed E-state index contributed by atoms with van der Waals surface area (Å²) in [6, 6.07) is 7.79. The highest BCUT2D eigenvalue weighted by molar-refractivity contribution is 8.21. The van der Waals surface area contributed by atoms with E-state index < -0.39 is 11.7 Å². The van der Waals surface area contributed by atoms with Gasteiger partial charge in [0.05, 0.1) is 11.1 Å². The van der Waals surface area contributed by atoms with Crippen molar-refractivity contribution < 1.29 is 18.0 Å². The summed E-state index contributed by atoms with van der Waals surface area (Å²) in [5, 5.41) is 3.18. The summed E-state index contributed by atoms with van der Waals surface area (Å²) in [6.07, 6.45) is -2.98. The zero-order valence-electron chi connectivity index (χ0n) is 11.0. The van der Waals surface area contributed by atoms with Crippen molar-refractivity contribution in [2.75, 3.05) is 0 Å². The van der Waals surface area contributed by atoms with Gasteiger partial charge in [-0.25, -0.2) is 4.98 Å². The monoisotopic (exact) mass is 346 g/mol. The third-order valence-electron chi connectivity index (χ3n) is 2.81. The predicted molar refractivity (Wildman–Crippen MR) is 78.6 cm³/mol. The molecule has 0 spiro atoms. The van der Waals surface area contributed by atoms with E-state index in [4.69, 9.17) is 10.7 Å². The lowest BCUT2D eigenvalue weighted by Gasteiger charge is -2.08.